The number of para-hydroxylation sites is 1. The fourth-order valence-corrected chi connectivity index (χ4v) is 6.26. The summed E-state index contributed by atoms with van der Waals surface area (Å²) in [5.74, 6) is -1.30. The van der Waals surface area contributed by atoms with Crippen LogP contribution >= 0.6 is 0 Å². The Morgan fingerprint density at radius 3 is 2.51 bits per heavy atom. The number of benzene rings is 2. The molecule has 0 aromatic heterocycles. The van der Waals surface area contributed by atoms with Gasteiger partial charge in [0.05, 0.1) is 37.6 Å². The van der Waals surface area contributed by atoms with Crippen molar-refractivity contribution in [2.45, 2.75) is 38.0 Å². The summed E-state index contributed by atoms with van der Waals surface area (Å²) in [6, 6.07) is 13.7. The van der Waals surface area contributed by atoms with Gasteiger partial charge in [-0.3, -0.25) is 19.3 Å². The molecule has 2 aromatic rings. The minimum Gasteiger partial charge on any atom is -0.497 e. The first-order chi connectivity index (χ1) is 17.0. The maximum absolute atomic E-state index is 14.0. The zero-order chi connectivity index (χ0) is 24.3. The highest BCUT2D eigenvalue weighted by Crippen LogP contribution is 2.50. The fraction of sp³-hybridized carbons (Fsp3) is 0.393. The Labute approximate surface area is 204 Å². The van der Waals surface area contributed by atoms with Crippen LogP contribution in [-0.4, -0.2) is 60.9 Å². The number of allylic oxidation sites excluding steroid dienone is 1. The smallest absolute Gasteiger partial charge is 0.235 e. The summed E-state index contributed by atoms with van der Waals surface area (Å²) in [7, 11) is 1.58. The molecule has 0 aliphatic carbocycles. The molecule has 5 atom stereocenters. The van der Waals surface area contributed by atoms with E-state index >= 15 is 0 Å². The van der Waals surface area contributed by atoms with Gasteiger partial charge in [-0.2, -0.15) is 0 Å². The summed E-state index contributed by atoms with van der Waals surface area (Å²) in [5, 5.41) is 0. The predicted octanol–water partition coefficient (Wildman–Crippen LogP) is 3.33. The fourth-order valence-electron chi connectivity index (χ4n) is 6.26. The molecule has 3 fully saturated rings. The second-order valence-electron chi connectivity index (χ2n) is 9.78. The second-order valence-corrected chi connectivity index (χ2v) is 9.78. The van der Waals surface area contributed by atoms with E-state index in [0.29, 0.717) is 17.9 Å². The van der Waals surface area contributed by atoms with Crippen molar-refractivity contribution in [3.63, 3.8) is 0 Å². The monoisotopic (exact) mass is 472 g/mol. The van der Waals surface area contributed by atoms with Gasteiger partial charge in [0.25, 0.3) is 0 Å². The van der Waals surface area contributed by atoms with Crippen molar-refractivity contribution in [3.8, 4) is 5.75 Å². The molecule has 4 heterocycles. The lowest BCUT2D eigenvalue weighted by Gasteiger charge is -2.38. The SMILES string of the molecule is COc1ccc(C(=O)[C@@H]2[C@@H]3C(=O)N(C[C@@H]4CCCO4)C(=O)[C@@H]3[C@@H]3C=C(C)c4ccccc4N23)cc1. The van der Waals surface area contributed by atoms with Crippen molar-refractivity contribution in [3.05, 3.63) is 65.7 Å². The Balaban J connectivity index is 1.44. The highest BCUT2D eigenvalue weighted by atomic mass is 16.5. The lowest BCUT2D eigenvalue weighted by atomic mass is 9.85. The van der Waals surface area contributed by atoms with Crippen LogP contribution in [0, 0.1) is 11.8 Å². The average Bonchev–Trinajstić information content (AvgIpc) is 3.57. The quantitative estimate of drug-likeness (QED) is 0.491. The normalized spacial score (nSPS) is 29.1. The number of hydrogen-bond donors (Lipinski definition) is 0. The zero-order valence-corrected chi connectivity index (χ0v) is 19.8. The topological polar surface area (TPSA) is 76.1 Å². The number of Topliss-reactive ketones (excluding diaryl/α,β-unsaturated/α-hetero) is 1. The lowest BCUT2D eigenvalue weighted by Crippen LogP contribution is -2.49. The van der Waals surface area contributed by atoms with Crippen molar-refractivity contribution < 1.29 is 23.9 Å². The minimum atomic E-state index is -0.769. The Bertz CT molecular complexity index is 1230. The maximum atomic E-state index is 14.0. The number of anilines is 1. The third-order valence-corrected chi connectivity index (χ3v) is 7.90. The van der Waals surface area contributed by atoms with Gasteiger partial charge >= 0.3 is 0 Å². The molecule has 0 radical (unpaired) electrons. The van der Waals surface area contributed by atoms with Gasteiger partial charge in [-0.25, -0.2) is 0 Å². The van der Waals surface area contributed by atoms with Crippen LogP contribution in [0.1, 0.15) is 35.7 Å². The summed E-state index contributed by atoms with van der Waals surface area (Å²) in [4.78, 5) is 44.9. The number of likely N-dealkylation sites (tertiary alicyclic amines) is 1. The molecule has 0 spiro atoms. The molecule has 4 aliphatic heterocycles. The summed E-state index contributed by atoms with van der Waals surface area (Å²) in [6.07, 6.45) is 3.70. The number of methoxy groups -OCH3 is 1. The number of fused-ring (bicyclic) bond motifs is 5. The van der Waals surface area contributed by atoms with Crippen LogP contribution in [0.25, 0.3) is 5.57 Å². The molecule has 0 bridgehead atoms. The minimum absolute atomic E-state index is 0.127. The van der Waals surface area contributed by atoms with E-state index in [4.69, 9.17) is 9.47 Å². The van der Waals surface area contributed by atoms with E-state index in [-0.39, 0.29) is 36.3 Å². The van der Waals surface area contributed by atoms with Gasteiger partial charge in [-0.05, 0) is 55.7 Å². The van der Waals surface area contributed by atoms with E-state index in [2.05, 4.69) is 6.08 Å². The Morgan fingerprint density at radius 2 is 1.80 bits per heavy atom. The van der Waals surface area contributed by atoms with Crippen LogP contribution in [0.5, 0.6) is 5.75 Å². The lowest BCUT2D eigenvalue weighted by molar-refractivity contribution is -0.142. The van der Waals surface area contributed by atoms with Gasteiger partial charge < -0.3 is 14.4 Å². The van der Waals surface area contributed by atoms with Crippen LogP contribution in [-0.2, 0) is 14.3 Å². The number of carbonyl (C=O) groups excluding carboxylic acids is 3. The van der Waals surface area contributed by atoms with E-state index in [0.717, 1.165) is 29.7 Å². The number of ether oxygens (including phenoxy) is 2. The summed E-state index contributed by atoms with van der Waals surface area (Å²) in [5.41, 5.74) is 3.46. The van der Waals surface area contributed by atoms with Gasteiger partial charge in [-0.15, -0.1) is 0 Å². The van der Waals surface area contributed by atoms with Gasteiger partial charge in [0.1, 0.15) is 11.8 Å². The van der Waals surface area contributed by atoms with Crippen molar-refractivity contribution in [1.29, 1.82) is 0 Å². The maximum Gasteiger partial charge on any atom is 0.235 e. The first-order valence-electron chi connectivity index (χ1n) is 12.2. The van der Waals surface area contributed by atoms with E-state index in [9.17, 15) is 14.4 Å². The highest BCUT2D eigenvalue weighted by Gasteiger charge is 2.64. The van der Waals surface area contributed by atoms with Crippen molar-refractivity contribution >= 4 is 28.9 Å². The van der Waals surface area contributed by atoms with Gasteiger partial charge in [0.15, 0.2) is 5.78 Å². The number of ketones is 1. The molecule has 2 aromatic carbocycles. The molecule has 6 rings (SSSR count). The Kier molecular flexibility index (Phi) is 5.25. The third-order valence-electron chi connectivity index (χ3n) is 7.90. The predicted molar refractivity (Wildman–Crippen MR) is 130 cm³/mol. The van der Waals surface area contributed by atoms with E-state index < -0.39 is 17.9 Å². The molecule has 3 saturated heterocycles. The van der Waals surface area contributed by atoms with Crippen LogP contribution in [0.4, 0.5) is 5.69 Å². The van der Waals surface area contributed by atoms with Crippen LogP contribution in [0.3, 0.4) is 0 Å². The molecular weight excluding hydrogens is 444 g/mol. The molecule has 0 saturated carbocycles. The van der Waals surface area contributed by atoms with Crippen molar-refractivity contribution in [1.82, 2.24) is 4.90 Å². The van der Waals surface area contributed by atoms with Gasteiger partial charge in [0, 0.05) is 23.4 Å². The first-order valence-corrected chi connectivity index (χ1v) is 12.2. The molecule has 180 valence electrons. The molecule has 35 heavy (non-hydrogen) atoms. The number of imide groups is 1. The van der Waals surface area contributed by atoms with E-state index in [1.165, 1.54) is 4.90 Å². The largest absolute Gasteiger partial charge is 0.497 e. The van der Waals surface area contributed by atoms with Crippen molar-refractivity contribution in [2.24, 2.45) is 11.8 Å². The second kappa shape index (κ2) is 8.34. The number of amides is 2. The molecule has 0 unspecified atom stereocenters. The number of nitrogens with zero attached hydrogens (tertiary/aromatic N) is 2. The van der Waals surface area contributed by atoms with Crippen LogP contribution in [0.15, 0.2) is 54.6 Å². The summed E-state index contributed by atoms with van der Waals surface area (Å²) >= 11 is 0. The summed E-state index contributed by atoms with van der Waals surface area (Å²) < 4.78 is 11.0. The van der Waals surface area contributed by atoms with Crippen molar-refractivity contribution in [2.75, 3.05) is 25.2 Å². The standard InChI is InChI=1S/C28H28N2O5/c1-16-14-22-23-24(28(33)29(27(23)32)15-19-6-5-13-35-19)25(30(22)21-8-4-3-7-20(16)21)26(31)17-9-11-18(34-2)12-10-17/h3-4,7-12,14,19,22-25H,5-6,13,15H2,1-2H3/t19-,22-,23+,24+,25-/m0/s1. The van der Waals surface area contributed by atoms with E-state index in [1.54, 1.807) is 31.4 Å². The third kappa shape index (κ3) is 3.32. The van der Waals surface area contributed by atoms with Gasteiger partial charge in [-0.1, -0.05) is 24.3 Å². The van der Waals surface area contributed by atoms with E-state index in [1.807, 2.05) is 36.1 Å². The highest BCUT2D eigenvalue weighted by molar-refractivity contribution is 6.14. The number of carbonyl (C=O) groups is 3. The Morgan fingerprint density at radius 1 is 1.06 bits per heavy atom. The average molecular weight is 473 g/mol. The van der Waals surface area contributed by atoms with Crippen LogP contribution in [0.2, 0.25) is 0 Å². The molecular formula is C28H28N2O5. The number of hydrogen-bond acceptors (Lipinski definition) is 6. The number of rotatable bonds is 5. The molecule has 0 N–H and O–H groups in total. The molecule has 4 aliphatic rings. The Hall–Kier alpha value is -3.45. The first kappa shape index (κ1) is 22.0. The molecule has 7 nitrogen and oxygen atoms in total. The molecule has 2 amide bonds. The summed E-state index contributed by atoms with van der Waals surface area (Å²) in [6.45, 7) is 2.94. The van der Waals surface area contributed by atoms with Crippen LogP contribution < -0.4 is 9.64 Å². The van der Waals surface area contributed by atoms with Gasteiger partial charge in [0.2, 0.25) is 11.8 Å². The molecule has 7 heteroatoms. The zero-order valence-electron chi connectivity index (χ0n) is 19.8.